The first-order valence-electron chi connectivity index (χ1n) is 11.2. The van der Waals surface area contributed by atoms with Crippen molar-refractivity contribution in [3.05, 3.63) is 112 Å². The van der Waals surface area contributed by atoms with Gasteiger partial charge in [0.15, 0.2) is 11.6 Å². The SMILES string of the molecule is CCCCOc1ccc(C#Cc2cc(F)c(C#Cc3ccc4cc(F)c(F)cc4c3)c(F)c2)c(F)c1. The minimum atomic E-state index is -1.00. The van der Waals surface area contributed by atoms with Crippen molar-refractivity contribution in [2.45, 2.75) is 19.8 Å². The predicted molar refractivity (Wildman–Crippen MR) is 129 cm³/mol. The maximum absolute atomic E-state index is 14.6. The van der Waals surface area contributed by atoms with Crippen molar-refractivity contribution in [3.8, 4) is 29.4 Å². The summed E-state index contributed by atoms with van der Waals surface area (Å²) in [5.74, 6) is 6.16. The van der Waals surface area contributed by atoms with Crippen LogP contribution < -0.4 is 4.74 Å². The predicted octanol–water partition coefficient (Wildman–Crippen LogP) is 7.51. The molecule has 4 rings (SSSR count). The van der Waals surface area contributed by atoms with E-state index < -0.39 is 34.6 Å². The van der Waals surface area contributed by atoms with Crippen molar-refractivity contribution in [2.24, 2.45) is 0 Å². The first-order chi connectivity index (χ1) is 17.3. The zero-order valence-electron chi connectivity index (χ0n) is 19.2. The number of rotatable bonds is 4. The highest BCUT2D eigenvalue weighted by Gasteiger charge is 2.09. The molecule has 36 heavy (non-hydrogen) atoms. The molecule has 0 amide bonds. The molecule has 0 N–H and O–H groups in total. The third-order valence-electron chi connectivity index (χ3n) is 5.30. The van der Waals surface area contributed by atoms with Crippen LogP contribution in [0.25, 0.3) is 10.8 Å². The molecule has 6 heteroatoms. The molecule has 0 heterocycles. The summed E-state index contributed by atoms with van der Waals surface area (Å²) in [6.07, 6.45) is 1.81. The van der Waals surface area contributed by atoms with E-state index in [0.717, 1.165) is 37.1 Å². The molecule has 0 atom stereocenters. The highest BCUT2D eigenvalue weighted by atomic mass is 19.2. The fraction of sp³-hybridized carbons (Fsp3) is 0.133. The van der Waals surface area contributed by atoms with Crippen molar-refractivity contribution < 1.29 is 26.7 Å². The van der Waals surface area contributed by atoms with Gasteiger partial charge in [-0.3, -0.25) is 0 Å². The van der Waals surface area contributed by atoms with E-state index >= 15 is 0 Å². The topological polar surface area (TPSA) is 9.23 Å². The molecule has 0 radical (unpaired) electrons. The molecule has 0 spiro atoms. The van der Waals surface area contributed by atoms with Crippen molar-refractivity contribution >= 4 is 10.8 Å². The molecule has 4 aromatic carbocycles. The second-order valence-corrected chi connectivity index (χ2v) is 7.99. The fourth-order valence-corrected chi connectivity index (χ4v) is 3.38. The Morgan fingerprint density at radius 3 is 2.00 bits per heavy atom. The van der Waals surface area contributed by atoms with Crippen LogP contribution in [0, 0.1) is 52.8 Å². The van der Waals surface area contributed by atoms with Gasteiger partial charge >= 0.3 is 0 Å². The van der Waals surface area contributed by atoms with E-state index in [0.29, 0.717) is 28.7 Å². The van der Waals surface area contributed by atoms with Gasteiger partial charge in [-0.25, -0.2) is 22.0 Å². The second-order valence-electron chi connectivity index (χ2n) is 7.99. The molecule has 0 bridgehead atoms. The maximum Gasteiger partial charge on any atom is 0.159 e. The highest BCUT2D eigenvalue weighted by molar-refractivity contribution is 5.84. The Bertz CT molecular complexity index is 1540. The fourth-order valence-electron chi connectivity index (χ4n) is 3.38. The second kappa shape index (κ2) is 11.0. The van der Waals surface area contributed by atoms with Crippen LogP contribution in [-0.4, -0.2) is 6.61 Å². The average Bonchev–Trinajstić information content (AvgIpc) is 2.84. The van der Waals surface area contributed by atoms with E-state index in [1.165, 1.54) is 30.3 Å². The largest absolute Gasteiger partial charge is 0.493 e. The van der Waals surface area contributed by atoms with Gasteiger partial charge in [-0.15, -0.1) is 0 Å². The Morgan fingerprint density at radius 1 is 0.611 bits per heavy atom. The van der Waals surface area contributed by atoms with E-state index in [1.807, 2.05) is 6.92 Å². The lowest BCUT2D eigenvalue weighted by atomic mass is 10.1. The van der Waals surface area contributed by atoms with Crippen LogP contribution in [0.2, 0.25) is 0 Å². The Labute approximate surface area is 205 Å². The molecule has 0 fully saturated rings. The maximum atomic E-state index is 14.6. The van der Waals surface area contributed by atoms with Gasteiger partial charge in [0.05, 0.1) is 17.7 Å². The molecule has 1 nitrogen and oxygen atoms in total. The third kappa shape index (κ3) is 5.85. The van der Waals surface area contributed by atoms with Crippen molar-refractivity contribution in [1.29, 1.82) is 0 Å². The van der Waals surface area contributed by atoms with Gasteiger partial charge in [-0.1, -0.05) is 43.1 Å². The summed E-state index contributed by atoms with van der Waals surface area (Å²) < 4.78 is 75.8. The molecular weight excluding hydrogens is 471 g/mol. The van der Waals surface area contributed by atoms with E-state index in [4.69, 9.17) is 4.74 Å². The summed E-state index contributed by atoms with van der Waals surface area (Å²) in [5, 5.41) is 0.870. The van der Waals surface area contributed by atoms with Crippen molar-refractivity contribution in [3.63, 3.8) is 0 Å². The van der Waals surface area contributed by atoms with E-state index in [1.54, 1.807) is 6.07 Å². The molecule has 0 aromatic heterocycles. The molecule has 0 saturated carbocycles. The number of benzene rings is 4. The number of ether oxygens (including phenoxy) is 1. The summed E-state index contributed by atoms with van der Waals surface area (Å²) in [4.78, 5) is 0. The Kier molecular flexibility index (Phi) is 7.56. The van der Waals surface area contributed by atoms with Crippen LogP contribution >= 0.6 is 0 Å². The lowest BCUT2D eigenvalue weighted by molar-refractivity contribution is 0.308. The normalized spacial score (nSPS) is 10.4. The van der Waals surface area contributed by atoms with E-state index in [-0.39, 0.29) is 11.1 Å². The Hall–Kier alpha value is -4.29. The first-order valence-corrected chi connectivity index (χ1v) is 11.2. The molecule has 0 aliphatic rings. The number of hydrogen-bond acceptors (Lipinski definition) is 1. The lowest BCUT2D eigenvalue weighted by Gasteiger charge is -2.05. The van der Waals surface area contributed by atoms with Crippen LogP contribution in [0.15, 0.2) is 60.7 Å². The number of hydrogen-bond donors (Lipinski definition) is 0. The summed E-state index contributed by atoms with van der Waals surface area (Å²) in [6, 6.07) is 12.9. The van der Waals surface area contributed by atoms with E-state index in [9.17, 15) is 22.0 Å². The van der Waals surface area contributed by atoms with Crippen LogP contribution in [0.1, 0.15) is 42.0 Å². The number of halogens is 5. The van der Waals surface area contributed by atoms with Gasteiger partial charge < -0.3 is 4.74 Å². The Balaban J connectivity index is 1.55. The molecular formula is C30H19F5O. The minimum absolute atomic E-state index is 0.0152. The average molecular weight is 490 g/mol. The van der Waals surface area contributed by atoms with Crippen LogP contribution in [-0.2, 0) is 0 Å². The molecule has 0 aliphatic heterocycles. The zero-order valence-corrected chi connectivity index (χ0v) is 19.2. The molecule has 0 unspecified atom stereocenters. The van der Waals surface area contributed by atoms with Gasteiger partial charge in [0.1, 0.15) is 23.2 Å². The van der Waals surface area contributed by atoms with Gasteiger partial charge in [-0.2, -0.15) is 0 Å². The summed E-state index contributed by atoms with van der Waals surface area (Å²) >= 11 is 0. The van der Waals surface area contributed by atoms with Gasteiger partial charge in [0.2, 0.25) is 0 Å². The monoisotopic (exact) mass is 490 g/mol. The quantitative estimate of drug-likeness (QED) is 0.163. The summed E-state index contributed by atoms with van der Waals surface area (Å²) in [6.45, 7) is 2.50. The lowest BCUT2D eigenvalue weighted by Crippen LogP contribution is -1.97. The van der Waals surface area contributed by atoms with E-state index in [2.05, 4.69) is 23.7 Å². The standard InChI is InChI=1S/C30H19F5O/c1-2-3-12-36-24-10-9-21(26(31)18-24)7-5-20-14-27(32)25(28(33)15-20)11-6-19-4-8-22-16-29(34)30(35)17-23(22)13-19/h4,8-10,13-18H,2-3,12H2,1H3. The van der Waals surface area contributed by atoms with Gasteiger partial charge in [0, 0.05) is 17.2 Å². The van der Waals surface area contributed by atoms with Gasteiger partial charge in [0.25, 0.3) is 0 Å². The summed E-state index contributed by atoms with van der Waals surface area (Å²) in [5.41, 5.74) is -0.0176. The number of unbranched alkanes of at least 4 members (excludes halogenated alkanes) is 1. The van der Waals surface area contributed by atoms with Crippen molar-refractivity contribution in [2.75, 3.05) is 6.61 Å². The molecule has 180 valence electrons. The van der Waals surface area contributed by atoms with Crippen LogP contribution in [0.3, 0.4) is 0 Å². The van der Waals surface area contributed by atoms with Gasteiger partial charge in [-0.05, 0) is 65.7 Å². The number of fused-ring (bicyclic) bond motifs is 1. The molecule has 0 aliphatic carbocycles. The molecule has 4 aromatic rings. The highest BCUT2D eigenvalue weighted by Crippen LogP contribution is 2.21. The zero-order chi connectivity index (χ0) is 25.7. The van der Waals surface area contributed by atoms with Crippen LogP contribution in [0.4, 0.5) is 22.0 Å². The first kappa shape index (κ1) is 24.8. The minimum Gasteiger partial charge on any atom is -0.493 e. The Morgan fingerprint density at radius 2 is 1.31 bits per heavy atom. The summed E-state index contributed by atoms with van der Waals surface area (Å²) in [7, 11) is 0. The van der Waals surface area contributed by atoms with Crippen molar-refractivity contribution in [1.82, 2.24) is 0 Å². The smallest absolute Gasteiger partial charge is 0.159 e. The third-order valence-corrected chi connectivity index (χ3v) is 5.30. The van der Waals surface area contributed by atoms with Crippen LogP contribution in [0.5, 0.6) is 5.75 Å². The molecule has 0 saturated heterocycles.